The summed E-state index contributed by atoms with van der Waals surface area (Å²) in [6.45, 7) is 0.199. The second kappa shape index (κ2) is 3.35. The van der Waals surface area contributed by atoms with E-state index in [-0.39, 0.29) is 13.1 Å². The minimum absolute atomic E-state index is 0.0996. The quantitative estimate of drug-likeness (QED) is 0.679. The van der Waals surface area contributed by atoms with Crippen molar-refractivity contribution in [2.24, 2.45) is 0 Å². The van der Waals surface area contributed by atoms with Gasteiger partial charge in [0.2, 0.25) is 6.41 Å². The van der Waals surface area contributed by atoms with E-state index < -0.39 is 5.67 Å². The molecule has 1 heterocycles. The predicted octanol–water partition coefficient (Wildman–Crippen LogP) is 1.20. The Kier molecular flexibility index (Phi) is 2.16. The first kappa shape index (κ1) is 9.66. The molecule has 1 fully saturated rings. The van der Waals surface area contributed by atoms with Gasteiger partial charge in [0, 0.05) is 0 Å². The molecule has 0 saturated carbocycles. The molecule has 0 N–H and O–H groups in total. The lowest BCUT2D eigenvalue weighted by Crippen LogP contribution is -2.55. The van der Waals surface area contributed by atoms with Gasteiger partial charge in [0.05, 0.1) is 24.7 Å². The van der Waals surface area contributed by atoms with E-state index in [2.05, 4.69) is 0 Å². The molecule has 1 saturated heterocycles. The summed E-state index contributed by atoms with van der Waals surface area (Å²) in [6, 6.07) is 8.34. The molecule has 76 valence electrons. The largest absolute Gasteiger partial charge is 0.338 e. The third-order valence-electron chi connectivity index (χ3n) is 2.59. The van der Waals surface area contributed by atoms with Gasteiger partial charge in [-0.25, -0.2) is 4.39 Å². The van der Waals surface area contributed by atoms with Gasteiger partial charge in [-0.1, -0.05) is 12.1 Å². The van der Waals surface area contributed by atoms with Crippen LogP contribution in [0.2, 0.25) is 0 Å². The fourth-order valence-corrected chi connectivity index (χ4v) is 1.70. The van der Waals surface area contributed by atoms with E-state index in [1.54, 1.807) is 24.3 Å². The van der Waals surface area contributed by atoms with Gasteiger partial charge in [-0.3, -0.25) is 4.79 Å². The fraction of sp³-hybridized carbons (Fsp3) is 0.273. The molecule has 3 nitrogen and oxygen atoms in total. The zero-order valence-corrected chi connectivity index (χ0v) is 7.98. The van der Waals surface area contributed by atoms with E-state index >= 15 is 0 Å². The smallest absolute Gasteiger partial charge is 0.209 e. The molecule has 15 heavy (non-hydrogen) atoms. The van der Waals surface area contributed by atoms with Crippen molar-refractivity contribution in [1.82, 2.24) is 4.90 Å². The maximum absolute atomic E-state index is 14.0. The van der Waals surface area contributed by atoms with Gasteiger partial charge in [-0.05, 0) is 17.7 Å². The van der Waals surface area contributed by atoms with Crippen LogP contribution in [0.15, 0.2) is 24.3 Å². The van der Waals surface area contributed by atoms with Crippen molar-refractivity contribution in [3.63, 3.8) is 0 Å². The first-order valence-electron chi connectivity index (χ1n) is 4.57. The molecule has 1 aromatic rings. The zero-order valence-electron chi connectivity index (χ0n) is 7.98. The van der Waals surface area contributed by atoms with Gasteiger partial charge < -0.3 is 4.90 Å². The number of nitrogens with zero attached hydrogens (tertiary/aromatic N) is 2. The van der Waals surface area contributed by atoms with Crippen LogP contribution < -0.4 is 0 Å². The van der Waals surface area contributed by atoms with Crippen LogP contribution in [0.1, 0.15) is 11.1 Å². The Morgan fingerprint density at radius 1 is 1.40 bits per heavy atom. The number of nitriles is 1. The summed E-state index contributed by atoms with van der Waals surface area (Å²) in [5, 5.41) is 8.58. The molecule has 1 aliphatic heterocycles. The highest BCUT2D eigenvalue weighted by Crippen LogP contribution is 2.35. The standard InChI is InChI=1S/C11H9FN2O/c12-11(6-14(7-11)8-15)10-3-1-9(5-13)2-4-10/h1-4,8H,6-7H2. The van der Waals surface area contributed by atoms with E-state index in [0.29, 0.717) is 17.5 Å². The molecule has 0 aromatic heterocycles. The molecule has 2 rings (SSSR count). The van der Waals surface area contributed by atoms with Crippen molar-refractivity contribution in [3.8, 4) is 6.07 Å². The van der Waals surface area contributed by atoms with Crippen LogP contribution >= 0.6 is 0 Å². The lowest BCUT2D eigenvalue weighted by molar-refractivity contribution is -0.132. The zero-order chi connectivity index (χ0) is 10.9. The summed E-state index contributed by atoms with van der Waals surface area (Å²) in [5.74, 6) is 0. The Morgan fingerprint density at radius 2 is 2.00 bits per heavy atom. The topological polar surface area (TPSA) is 44.1 Å². The van der Waals surface area contributed by atoms with Crippen molar-refractivity contribution in [1.29, 1.82) is 5.26 Å². The Bertz CT molecular complexity index is 415. The van der Waals surface area contributed by atoms with Gasteiger partial charge in [-0.15, -0.1) is 0 Å². The van der Waals surface area contributed by atoms with Crippen LogP contribution in [0.5, 0.6) is 0 Å². The predicted molar refractivity (Wildman–Crippen MR) is 51.6 cm³/mol. The number of benzene rings is 1. The summed E-state index contributed by atoms with van der Waals surface area (Å²) in [4.78, 5) is 11.7. The molecule has 0 atom stereocenters. The summed E-state index contributed by atoms with van der Waals surface area (Å²) in [6.07, 6.45) is 0.640. The maximum atomic E-state index is 14.0. The van der Waals surface area contributed by atoms with Gasteiger partial charge in [-0.2, -0.15) is 5.26 Å². The van der Waals surface area contributed by atoms with Crippen LogP contribution in [0, 0.1) is 11.3 Å². The number of alkyl halides is 1. The molecule has 1 aliphatic rings. The van der Waals surface area contributed by atoms with Gasteiger partial charge in [0.1, 0.15) is 0 Å². The molecule has 0 unspecified atom stereocenters. The maximum Gasteiger partial charge on any atom is 0.209 e. The number of likely N-dealkylation sites (tertiary alicyclic amines) is 1. The van der Waals surface area contributed by atoms with Crippen LogP contribution in [-0.2, 0) is 10.5 Å². The van der Waals surface area contributed by atoms with Crippen molar-refractivity contribution in [2.75, 3.05) is 13.1 Å². The molecule has 1 amide bonds. The van der Waals surface area contributed by atoms with E-state index in [1.807, 2.05) is 6.07 Å². The van der Waals surface area contributed by atoms with E-state index in [4.69, 9.17) is 5.26 Å². The third-order valence-corrected chi connectivity index (χ3v) is 2.59. The Hall–Kier alpha value is -1.89. The number of hydrogen-bond acceptors (Lipinski definition) is 2. The third kappa shape index (κ3) is 1.57. The molecule has 1 aromatic carbocycles. The van der Waals surface area contributed by atoms with Gasteiger partial charge >= 0.3 is 0 Å². The van der Waals surface area contributed by atoms with Crippen molar-refractivity contribution < 1.29 is 9.18 Å². The van der Waals surface area contributed by atoms with Crippen molar-refractivity contribution >= 4 is 6.41 Å². The Morgan fingerprint density at radius 3 is 2.47 bits per heavy atom. The first-order chi connectivity index (χ1) is 7.18. The van der Waals surface area contributed by atoms with E-state index in [9.17, 15) is 9.18 Å². The first-order valence-corrected chi connectivity index (χ1v) is 4.57. The highest BCUT2D eigenvalue weighted by atomic mass is 19.1. The summed E-state index contributed by atoms with van der Waals surface area (Å²) in [5.41, 5.74) is -0.400. The average molecular weight is 204 g/mol. The Labute approximate surface area is 86.7 Å². The highest BCUT2D eigenvalue weighted by Gasteiger charge is 2.44. The Balaban J connectivity index is 2.18. The molecule has 0 radical (unpaired) electrons. The van der Waals surface area contributed by atoms with Crippen LogP contribution in [-0.4, -0.2) is 24.4 Å². The second-order valence-electron chi connectivity index (χ2n) is 3.66. The van der Waals surface area contributed by atoms with E-state index in [1.165, 1.54) is 4.90 Å². The molecule has 4 heteroatoms. The number of rotatable bonds is 2. The van der Waals surface area contributed by atoms with Gasteiger partial charge in [0.15, 0.2) is 5.67 Å². The molecular weight excluding hydrogens is 195 g/mol. The van der Waals surface area contributed by atoms with Crippen LogP contribution in [0.4, 0.5) is 4.39 Å². The number of amides is 1. The summed E-state index contributed by atoms with van der Waals surface area (Å²) >= 11 is 0. The lowest BCUT2D eigenvalue weighted by Gasteiger charge is -2.42. The lowest BCUT2D eigenvalue weighted by atomic mass is 9.88. The minimum Gasteiger partial charge on any atom is -0.338 e. The molecule has 0 bridgehead atoms. The molecular formula is C11H9FN2O. The average Bonchev–Trinajstić information content (AvgIpc) is 2.25. The molecule has 0 aliphatic carbocycles. The highest BCUT2D eigenvalue weighted by molar-refractivity contribution is 5.51. The van der Waals surface area contributed by atoms with E-state index in [0.717, 1.165) is 0 Å². The summed E-state index contributed by atoms with van der Waals surface area (Å²) in [7, 11) is 0. The van der Waals surface area contributed by atoms with Gasteiger partial charge in [0.25, 0.3) is 0 Å². The monoisotopic (exact) mass is 204 g/mol. The number of carbonyl (C=O) groups is 1. The number of hydrogen-bond donors (Lipinski definition) is 0. The summed E-state index contributed by atoms with van der Waals surface area (Å²) < 4.78 is 14.0. The van der Waals surface area contributed by atoms with Crippen molar-refractivity contribution in [2.45, 2.75) is 5.67 Å². The fourth-order valence-electron chi connectivity index (χ4n) is 1.70. The van der Waals surface area contributed by atoms with Crippen molar-refractivity contribution in [3.05, 3.63) is 35.4 Å². The SMILES string of the molecule is N#Cc1ccc(C2(F)CN(C=O)C2)cc1. The number of halogens is 1. The molecule has 0 spiro atoms. The van der Waals surface area contributed by atoms with Crippen LogP contribution in [0.25, 0.3) is 0 Å². The minimum atomic E-state index is -1.44. The normalized spacial score (nSPS) is 17.7. The number of carbonyl (C=O) groups excluding carboxylic acids is 1. The van der Waals surface area contributed by atoms with Crippen LogP contribution in [0.3, 0.4) is 0 Å². The second-order valence-corrected chi connectivity index (χ2v) is 3.66.